The highest BCUT2D eigenvalue weighted by molar-refractivity contribution is 7.17. The summed E-state index contributed by atoms with van der Waals surface area (Å²) in [6, 6.07) is 3.42. The SMILES string of the molecule is CCc1nc2sc(C(c3ccc(F)c(F)c3)N3CCOCC3)c(O)n2n1. The topological polar surface area (TPSA) is 62.9 Å². The quantitative estimate of drug-likeness (QED) is 0.754. The van der Waals surface area contributed by atoms with Crippen LogP contribution in [0.2, 0.25) is 0 Å². The second-order valence-corrected chi connectivity index (χ2v) is 7.10. The smallest absolute Gasteiger partial charge is 0.230 e. The zero-order valence-corrected chi connectivity index (χ0v) is 15.0. The summed E-state index contributed by atoms with van der Waals surface area (Å²) in [5, 5.41) is 15.0. The van der Waals surface area contributed by atoms with E-state index in [0.717, 1.165) is 6.07 Å². The molecule has 1 atom stereocenters. The van der Waals surface area contributed by atoms with E-state index in [1.807, 2.05) is 6.92 Å². The maximum Gasteiger partial charge on any atom is 0.230 e. The Morgan fingerprint density at radius 2 is 2.04 bits per heavy atom. The van der Waals surface area contributed by atoms with Gasteiger partial charge in [0.2, 0.25) is 10.8 Å². The highest BCUT2D eigenvalue weighted by atomic mass is 32.1. The molecule has 2 aromatic heterocycles. The minimum Gasteiger partial charge on any atom is -0.492 e. The molecule has 1 saturated heterocycles. The van der Waals surface area contributed by atoms with E-state index in [4.69, 9.17) is 4.74 Å². The molecule has 0 bridgehead atoms. The molecule has 0 amide bonds. The highest BCUT2D eigenvalue weighted by Gasteiger charge is 2.31. The summed E-state index contributed by atoms with van der Waals surface area (Å²) in [6.45, 7) is 4.27. The Hall–Kier alpha value is -2.10. The van der Waals surface area contributed by atoms with Crippen LogP contribution in [-0.4, -0.2) is 50.9 Å². The molecular formula is C17H18F2N4O2S. The number of hydrogen-bond donors (Lipinski definition) is 1. The van der Waals surface area contributed by atoms with Gasteiger partial charge in [-0.1, -0.05) is 24.3 Å². The van der Waals surface area contributed by atoms with Gasteiger partial charge in [0.1, 0.15) is 0 Å². The van der Waals surface area contributed by atoms with E-state index in [1.165, 1.54) is 21.9 Å². The first-order chi connectivity index (χ1) is 12.6. The molecule has 138 valence electrons. The lowest BCUT2D eigenvalue weighted by atomic mass is 10.0. The highest BCUT2D eigenvalue weighted by Crippen LogP contribution is 2.40. The molecule has 0 radical (unpaired) electrons. The van der Waals surface area contributed by atoms with Gasteiger partial charge in [0.15, 0.2) is 17.5 Å². The first kappa shape index (κ1) is 17.3. The van der Waals surface area contributed by atoms with Gasteiger partial charge in [0, 0.05) is 19.5 Å². The van der Waals surface area contributed by atoms with Gasteiger partial charge in [0.05, 0.1) is 24.1 Å². The summed E-state index contributed by atoms with van der Waals surface area (Å²) in [5.41, 5.74) is 0.571. The maximum absolute atomic E-state index is 13.9. The lowest BCUT2D eigenvalue weighted by Crippen LogP contribution is -2.39. The molecule has 3 aromatic rings. The fourth-order valence-electron chi connectivity index (χ4n) is 3.16. The average molecular weight is 380 g/mol. The lowest BCUT2D eigenvalue weighted by Gasteiger charge is -2.34. The molecular weight excluding hydrogens is 362 g/mol. The van der Waals surface area contributed by atoms with E-state index >= 15 is 0 Å². The van der Waals surface area contributed by atoms with Crippen LogP contribution in [0.15, 0.2) is 18.2 Å². The number of morpholine rings is 1. The van der Waals surface area contributed by atoms with E-state index < -0.39 is 17.7 Å². The molecule has 0 aliphatic carbocycles. The van der Waals surface area contributed by atoms with Crippen molar-refractivity contribution in [1.82, 2.24) is 19.5 Å². The Balaban J connectivity index is 1.83. The van der Waals surface area contributed by atoms with Crippen molar-refractivity contribution in [3.05, 3.63) is 46.1 Å². The van der Waals surface area contributed by atoms with Crippen LogP contribution in [0.5, 0.6) is 5.88 Å². The molecule has 26 heavy (non-hydrogen) atoms. The number of aryl methyl sites for hydroxylation is 1. The Labute approximate surface area is 152 Å². The number of hydrogen-bond acceptors (Lipinski definition) is 6. The first-order valence-corrected chi connectivity index (χ1v) is 9.24. The van der Waals surface area contributed by atoms with E-state index in [0.29, 0.717) is 53.9 Å². The normalized spacial score (nSPS) is 17.0. The third-order valence-electron chi connectivity index (χ3n) is 4.48. The van der Waals surface area contributed by atoms with Crippen molar-refractivity contribution in [2.45, 2.75) is 19.4 Å². The van der Waals surface area contributed by atoms with Gasteiger partial charge in [-0.15, -0.1) is 5.10 Å². The van der Waals surface area contributed by atoms with E-state index in [9.17, 15) is 13.9 Å². The molecule has 0 spiro atoms. The van der Waals surface area contributed by atoms with Crippen molar-refractivity contribution in [2.24, 2.45) is 0 Å². The van der Waals surface area contributed by atoms with E-state index in [2.05, 4.69) is 15.0 Å². The monoisotopic (exact) mass is 380 g/mol. The van der Waals surface area contributed by atoms with Gasteiger partial charge in [0.25, 0.3) is 0 Å². The number of aromatic nitrogens is 3. The van der Waals surface area contributed by atoms with Crippen LogP contribution in [0.1, 0.15) is 29.2 Å². The number of halogens is 2. The second kappa shape index (κ2) is 6.90. The standard InChI is InChI=1S/C17H18F2N4O2S/c1-2-13-20-17-23(21-13)16(24)15(26-17)14(22-5-7-25-8-6-22)10-3-4-11(18)12(19)9-10/h3-4,9,14,24H,2,5-8H2,1H3. The van der Waals surface area contributed by atoms with Crippen LogP contribution < -0.4 is 0 Å². The average Bonchev–Trinajstić information content (AvgIpc) is 3.19. The Morgan fingerprint density at radius 1 is 1.27 bits per heavy atom. The first-order valence-electron chi connectivity index (χ1n) is 8.42. The largest absolute Gasteiger partial charge is 0.492 e. The van der Waals surface area contributed by atoms with Crippen LogP contribution in [0.25, 0.3) is 4.96 Å². The van der Waals surface area contributed by atoms with Crippen molar-refractivity contribution < 1.29 is 18.6 Å². The molecule has 1 unspecified atom stereocenters. The molecule has 3 heterocycles. The molecule has 1 N–H and O–H groups in total. The zero-order valence-electron chi connectivity index (χ0n) is 14.2. The molecule has 6 nitrogen and oxygen atoms in total. The summed E-state index contributed by atoms with van der Waals surface area (Å²) in [5.74, 6) is -1.17. The van der Waals surface area contributed by atoms with Crippen LogP contribution in [0, 0.1) is 11.6 Å². The Kier molecular flexibility index (Phi) is 4.60. The second-order valence-electron chi connectivity index (χ2n) is 6.09. The van der Waals surface area contributed by atoms with E-state index in [1.54, 1.807) is 6.07 Å². The Bertz CT molecular complexity index is 936. The molecule has 1 aromatic carbocycles. The van der Waals surface area contributed by atoms with Crippen LogP contribution in [-0.2, 0) is 11.2 Å². The summed E-state index contributed by atoms with van der Waals surface area (Å²) in [6.07, 6.45) is 0.666. The molecule has 0 saturated carbocycles. The Morgan fingerprint density at radius 3 is 2.69 bits per heavy atom. The lowest BCUT2D eigenvalue weighted by molar-refractivity contribution is 0.0240. The fourth-order valence-corrected chi connectivity index (χ4v) is 4.30. The number of ether oxygens (including phenoxy) is 1. The summed E-state index contributed by atoms with van der Waals surface area (Å²) < 4.78 is 34.1. The zero-order chi connectivity index (χ0) is 18.3. The molecule has 4 rings (SSSR count). The number of nitrogens with zero attached hydrogens (tertiary/aromatic N) is 4. The van der Waals surface area contributed by atoms with Gasteiger partial charge in [-0.3, -0.25) is 4.90 Å². The van der Waals surface area contributed by atoms with E-state index in [-0.39, 0.29) is 5.88 Å². The summed E-state index contributed by atoms with van der Waals surface area (Å²) in [4.78, 5) is 7.67. The van der Waals surface area contributed by atoms with Crippen molar-refractivity contribution in [2.75, 3.05) is 26.3 Å². The molecule has 9 heteroatoms. The van der Waals surface area contributed by atoms with Crippen LogP contribution in [0.3, 0.4) is 0 Å². The van der Waals surface area contributed by atoms with Crippen molar-refractivity contribution >= 4 is 16.3 Å². The number of benzene rings is 1. The number of rotatable bonds is 4. The summed E-state index contributed by atoms with van der Waals surface area (Å²) >= 11 is 1.31. The molecule has 1 aliphatic rings. The van der Waals surface area contributed by atoms with Crippen molar-refractivity contribution in [3.8, 4) is 5.88 Å². The molecule has 1 aliphatic heterocycles. The van der Waals surface area contributed by atoms with Crippen LogP contribution in [0.4, 0.5) is 8.78 Å². The number of fused-ring (bicyclic) bond motifs is 1. The predicted molar refractivity (Wildman–Crippen MR) is 92.5 cm³/mol. The van der Waals surface area contributed by atoms with Gasteiger partial charge < -0.3 is 9.84 Å². The predicted octanol–water partition coefficient (Wildman–Crippen LogP) is 2.76. The minimum atomic E-state index is -0.909. The molecule has 1 fully saturated rings. The fraction of sp³-hybridized carbons (Fsp3) is 0.412. The third kappa shape index (κ3) is 2.95. The maximum atomic E-state index is 13.9. The minimum absolute atomic E-state index is 0.0153. The van der Waals surface area contributed by atoms with Gasteiger partial charge >= 0.3 is 0 Å². The number of aromatic hydroxyl groups is 1. The van der Waals surface area contributed by atoms with Gasteiger partial charge in [-0.2, -0.15) is 4.52 Å². The number of thiazole rings is 1. The van der Waals surface area contributed by atoms with Gasteiger partial charge in [-0.05, 0) is 17.7 Å². The van der Waals surface area contributed by atoms with Crippen LogP contribution >= 0.6 is 11.3 Å². The van der Waals surface area contributed by atoms with Gasteiger partial charge in [-0.25, -0.2) is 13.8 Å². The summed E-state index contributed by atoms with van der Waals surface area (Å²) in [7, 11) is 0. The third-order valence-corrected chi connectivity index (χ3v) is 5.55. The van der Waals surface area contributed by atoms with Crippen molar-refractivity contribution in [1.29, 1.82) is 0 Å². The van der Waals surface area contributed by atoms with Crippen molar-refractivity contribution in [3.63, 3.8) is 0 Å².